The number of benzene rings is 2. The second-order valence-electron chi connectivity index (χ2n) is 6.63. The first-order valence-electron chi connectivity index (χ1n) is 9.00. The predicted octanol–water partition coefficient (Wildman–Crippen LogP) is 4.57. The highest BCUT2D eigenvalue weighted by Gasteiger charge is 2.16. The lowest BCUT2D eigenvalue weighted by molar-refractivity contribution is 0.432. The van der Waals surface area contributed by atoms with Gasteiger partial charge in [0, 0.05) is 22.2 Å². The van der Waals surface area contributed by atoms with E-state index in [2.05, 4.69) is 15.4 Å². The van der Waals surface area contributed by atoms with Crippen molar-refractivity contribution in [3.63, 3.8) is 0 Å². The number of hydrogen-bond acceptors (Lipinski definition) is 5. The van der Waals surface area contributed by atoms with E-state index >= 15 is 0 Å². The van der Waals surface area contributed by atoms with Crippen molar-refractivity contribution in [1.29, 1.82) is 0 Å². The number of halogens is 2. The molecule has 148 valence electrons. The molecular formula is C21H13Cl2N5O2. The Balaban J connectivity index is 1.49. The first-order valence-corrected chi connectivity index (χ1v) is 9.76. The van der Waals surface area contributed by atoms with Gasteiger partial charge in [-0.3, -0.25) is 0 Å². The smallest absolute Gasteiger partial charge is 0.356 e. The number of nitrogens with zero attached hydrogens (tertiary/aromatic N) is 5. The van der Waals surface area contributed by atoms with Crippen molar-refractivity contribution in [3.05, 3.63) is 93.1 Å². The first-order chi connectivity index (χ1) is 14.6. The average Bonchev–Trinajstić information content (AvgIpc) is 3.40. The molecule has 5 aromatic rings. The van der Waals surface area contributed by atoms with Crippen LogP contribution in [0.3, 0.4) is 0 Å². The molecule has 0 aliphatic carbocycles. The fourth-order valence-corrected chi connectivity index (χ4v) is 3.58. The van der Waals surface area contributed by atoms with Gasteiger partial charge in [-0.05, 0) is 23.3 Å². The normalized spacial score (nSPS) is 11.3. The molecule has 9 heteroatoms. The van der Waals surface area contributed by atoms with Crippen LogP contribution < -0.4 is 5.69 Å². The van der Waals surface area contributed by atoms with Gasteiger partial charge in [0.2, 0.25) is 0 Å². The summed E-state index contributed by atoms with van der Waals surface area (Å²) in [4.78, 5) is 12.7. The minimum atomic E-state index is -0.367. The highest BCUT2D eigenvalue weighted by atomic mass is 35.5. The summed E-state index contributed by atoms with van der Waals surface area (Å²) in [5.41, 5.74) is 3.24. The Morgan fingerprint density at radius 3 is 2.37 bits per heavy atom. The van der Waals surface area contributed by atoms with Crippen LogP contribution in [0.5, 0.6) is 0 Å². The summed E-state index contributed by atoms with van der Waals surface area (Å²) in [6.07, 6.45) is 3.15. The fourth-order valence-electron chi connectivity index (χ4n) is 3.18. The molecule has 0 radical (unpaired) electrons. The molecule has 0 N–H and O–H groups in total. The topological polar surface area (TPSA) is 78.2 Å². The molecule has 0 atom stereocenters. The van der Waals surface area contributed by atoms with Gasteiger partial charge in [-0.1, -0.05) is 64.8 Å². The zero-order valence-corrected chi connectivity index (χ0v) is 16.9. The van der Waals surface area contributed by atoms with Gasteiger partial charge in [-0.15, -0.1) is 5.10 Å². The molecular weight excluding hydrogens is 425 g/mol. The van der Waals surface area contributed by atoms with Gasteiger partial charge in [-0.25, -0.2) is 9.48 Å². The molecule has 7 nitrogen and oxygen atoms in total. The van der Waals surface area contributed by atoms with Crippen molar-refractivity contribution in [2.75, 3.05) is 0 Å². The third kappa shape index (κ3) is 3.28. The van der Waals surface area contributed by atoms with Gasteiger partial charge in [-0.2, -0.15) is 9.61 Å². The van der Waals surface area contributed by atoms with Gasteiger partial charge in [0.15, 0.2) is 11.4 Å². The number of aromatic nitrogens is 5. The highest BCUT2D eigenvalue weighted by molar-refractivity contribution is 6.36. The molecule has 0 saturated carbocycles. The van der Waals surface area contributed by atoms with E-state index in [1.54, 1.807) is 30.6 Å². The number of rotatable bonds is 4. The van der Waals surface area contributed by atoms with Crippen LogP contribution in [0, 0.1) is 0 Å². The second kappa shape index (κ2) is 7.44. The molecule has 5 rings (SSSR count). The first kappa shape index (κ1) is 18.6. The Morgan fingerprint density at radius 1 is 0.933 bits per heavy atom. The van der Waals surface area contributed by atoms with E-state index in [0.717, 1.165) is 16.7 Å². The van der Waals surface area contributed by atoms with E-state index in [1.165, 1.54) is 9.20 Å². The molecule has 0 unspecified atom stereocenters. The Hall–Kier alpha value is -3.42. The lowest BCUT2D eigenvalue weighted by atomic mass is 10.1. The van der Waals surface area contributed by atoms with Gasteiger partial charge >= 0.3 is 5.69 Å². The lowest BCUT2D eigenvalue weighted by Crippen LogP contribution is -2.22. The summed E-state index contributed by atoms with van der Waals surface area (Å²) in [5.74, 6) is 0.678. The molecule has 2 aromatic carbocycles. The molecule has 0 aliphatic rings. The second-order valence-corrected chi connectivity index (χ2v) is 7.44. The molecule has 0 aliphatic heterocycles. The van der Waals surface area contributed by atoms with Crippen LogP contribution in [0.2, 0.25) is 10.0 Å². The van der Waals surface area contributed by atoms with E-state index in [1.807, 2.05) is 36.4 Å². The molecule has 0 saturated heterocycles. The maximum Gasteiger partial charge on any atom is 0.367 e. The van der Waals surface area contributed by atoms with Gasteiger partial charge in [0.1, 0.15) is 0 Å². The van der Waals surface area contributed by atoms with Crippen molar-refractivity contribution >= 4 is 28.8 Å². The van der Waals surface area contributed by atoms with Crippen LogP contribution in [0.25, 0.3) is 28.1 Å². The van der Waals surface area contributed by atoms with Crippen molar-refractivity contribution in [3.8, 4) is 22.5 Å². The monoisotopic (exact) mass is 437 g/mol. The molecule has 30 heavy (non-hydrogen) atoms. The van der Waals surface area contributed by atoms with E-state index in [9.17, 15) is 4.79 Å². The molecule has 3 heterocycles. The minimum Gasteiger partial charge on any atom is -0.356 e. The van der Waals surface area contributed by atoms with Crippen molar-refractivity contribution in [2.24, 2.45) is 0 Å². The zero-order valence-electron chi connectivity index (χ0n) is 15.4. The maximum absolute atomic E-state index is 12.7. The zero-order chi connectivity index (χ0) is 20.7. The summed E-state index contributed by atoms with van der Waals surface area (Å²) in [5, 5.41) is 13.3. The van der Waals surface area contributed by atoms with Gasteiger partial charge < -0.3 is 4.52 Å². The summed E-state index contributed by atoms with van der Waals surface area (Å²) in [6, 6.07) is 16.6. The third-order valence-electron chi connectivity index (χ3n) is 4.72. The molecule has 0 amide bonds. The highest BCUT2D eigenvalue weighted by Crippen LogP contribution is 2.30. The number of fused-ring (bicyclic) bond motifs is 1. The van der Waals surface area contributed by atoms with Crippen LogP contribution in [0.4, 0.5) is 0 Å². The van der Waals surface area contributed by atoms with Gasteiger partial charge in [0.05, 0.1) is 24.0 Å². The SMILES string of the molecule is O=c1n(Cc2ccc(-c3ccno3)cc2)nc2c(Cl)c(-c3ccc(Cl)cc3)cnn12. The average molecular weight is 438 g/mol. The lowest BCUT2D eigenvalue weighted by Gasteiger charge is -2.04. The van der Waals surface area contributed by atoms with Crippen LogP contribution >= 0.6 is 23.2 Å². The van der Waals surface area contributed by atoms with E-state index in [0.29, 0.717) is 27.0 Å². The molecule has 0 fully saturated rings. The van der Waals surface area contributed by atoms with E-state index < -0.39 is 0 Å². The Bertz CT molecular complexity index is 1390. The van der Waals surface area contributed by atoms with Crippen LogP contribution in [-0.4, -0.2) is 24.6 Å². The molecule has 3 aromatic heterocycles. The van der Waals surface area contributed by atoms with Crippen LogP contribution in [-0.2, 0) is 6.54 Å². The Kier molecular flexibility index (Phi) is 4.61. The Morgan fingerprint density at radius 2 is 1.67 bits per heavy atom. The largest absolute Gasteiger partial charge is 0.367 e. The van der Waals surface area contributed by atoms with Gasteiger partial charge in [0.25, 0.3) is 0 Å². The fraction of sp³-hybridized carbons (Fsp3) is 0.0476. The molecule has 0 spiro atoms. The number of hydrogen-bond donors (Lipinski definition) is 0. The molecule has 0 bridgehead atoms. The van der Waals surface area contributed by atoms with Crippen molar-refractivity contribution in [1.82, 2.24) is 24.6 Å². The van der Waals surface area contributed by atoms with E-state index in [4.69, 9.17) is 27.7 Å². The maximum atomic E-state index is 12.7. The standard InChI is InChI=1S/C21H13Cl2N5O2/c22-16-7-5-14(6-8-16)17-11-24-28-20(19(17)23)26-27(21(28)29)12-13-1-3-15(4-2-13)18-9-10-25-30-18/h1-11H,12H2. The van der Waals surface area contributed by atoms with Crippen LogP contribution in [0.1, 0.15) is 5.56 Å². The summed E-state index contributed by atoms with van der Waals surface area (Å²) < 4.78 is 7.69. The van der Waals surface area contributed by atoms with Crippen molar-refractivity contribution in [2.45, 2.75) is 6.54 Å². The van der Waals surface area contributed by atoms with E-state index in [-0.39, 0.29) is 12.2 Å². The third-order valence-corrected chi connectivity index (χ3v) is 5.34. The summed E-state index contributed by atoms with van der Waals surface area (Å²) in [6.45, 7) is 0.283. The van der Waals surface area contributed by atoms with Crippen molar-refractivity contribution < 1.29 is 4.52 Å². The Labute approximate surface area is 180 Å². The van der Waals surface area contributed by atoms with Crippen LogP contribution in [0.15, 0.2) is 76.3 Å². The minimum absolute atomic E-state index is 0.283. The summed E-state index contributed by atoms with van der Waals surface area (Å²) >= 11 is 12.5. The summed E-state index contributed by atoms with van der Waals surface area (Å²) in [7, 11) is 0. The predicted molar refractivity (Wildman–Crippen MR) is 114 cm³/mol. The quantitative estimate of drug-likeness (QED) is 0.411.